The van der Waals surface area contributed by atoms with Crippen LogP contribution in [0.3, 0.4) is 0 Å². The highest BCUT2D eigenvalue weighted by molar-refractivity contribution is 7.92. The van der Waals surface area contributed by atoms with Crippen molar-refractivity contribution in [3.05, 3.63) is 18.2 Å². The van der Waals surface area contributed by atoms with Crippen LogP contribution in [0.1, 0.15) is 6.92 Å². The monoisotopic (exact) mass is 301 g/mol. The second-order valence-corrected chi connectivity index (χ2v) is 6.20. The Balaban J connectivity index is 2.38. The molecular formula is C12H15NO6S. The van der Waals surface area contributed by atoms with Gasteiger partial charge in [0.05, 0.1) is 18.6 Å². The third-order valence-electron chi connectivity index (χ3n) is 2.85. The van der Waals surface area contributed by atoms with Crippen LogP contribution in [0, 0.1) is 0 Å². The fraction of sp³-hybridized carbons (Fsp3) is 0.417. The number of carbonyl (C=O) groups is 1. The lowest BCUT2D eigenvalue weighted by Gasteiger charge is -2.22. The Hall–Kier alpha value is -1.96. The summed E-state index contributed by atoms with van der Waals surface area (Å²) in [5.41, 5.74) is 0.335. The Bertz CT molecular complexity index is 612. The van der Waals surface area contributed by atoms with Crippen molar-refractivity contribution in [3.63, 3.8) is 0 Å². The Labute approximate surface area is 117 Å². The fourth-order valence-corrected chi connectivity index (χ4v) is 2.78. The van der Waals surface area contributed by atoms with Crippen LogP contribution in [-0.2, 0) is 19.6 Å². The first-order valence-corrected chi connectivity index (χ1v) is 7.55. The molecule has 1 heterocycles. The van der Waals surface area contributed by atoms with Gasteiger partial charge in [-0.05, 0) is 19.1 Å². The number of sulfonamides is 1. The summed E-state index contributed by atoms with van der Waals surface area (Å²) in [7, 11) is -2.39. The van der Waals surface area contributed by atoms with Gasteiger partial charge in [-0.2, -0.15) is 0 Å². The van der Waals surface area contributed by atoms with Gasteiger partial charge in [0, 0.05) is 6.07 Å². The summed E-state index contributed by atoms with van der Waals surface area (Å²) in [6, 6.07) is 4.69. The summed E-state index contributed by atoms with van der Waals surface area (Å²) >= 11 is 0. The second-order valence-electron chi connectivity index (χ2n) is 4.02. The highest BCUT2D eigenvalue weighted by Gasteiger charge is 2.25. The van der Waals surface area contributed by atoms with Crippen molar-refractivity contribution in [1.29, 1.82) is 0 Å². The van der Waals surface area contributed by atoms with Crippen molar-refractivity contribution in [3.8, 4) is 11.5 Å². The van der Waals surface area contributed by atoms with E-state index in [1.54, 1.807) is 12.1 Å². The summed E-state index contributed by atoms with van der Waals surface area (Å²) in [6.45, 7) is 1.22. The quantitative estimate of drug-likeness (QED) is 0.746. The predicted molar refractivity (Wildman–Crippen MR) is 71.4 cm³/mol. The molecule has 7 nitrogen and oxygen atoms in total. The van der Waals surface area contributed by atoms with Gasteiger partial charge in [0.2, 0.25) is 16.8 Å². The first kappa shape index (κ1) is 14.4. The van der Waals surface area contributed by atoms with Crippen LogP contribution < -0.4 is 13.8 Å². The minimum atomic E-state index is -3.60. The summed E-state index contributed by atoms with van der Waals surface area (Å²) < 4.78 is 40.1. The summed E-state index contributed by atoms with van der Waals surface area (Å²) in [4.78, 5) is 11.4. The molecule has 0 unspecified atom stereocenters. The van der Waals surface area contributed by atoms with Crippen molar-refractivity contribution in [2.45, 2.75) is 6.92 Å². The lowest BCUT2D eigenvalue weighted by Crippen LogP contribution is -2.37. The molecule has 1 aromatic carbocycles. The molecule has 2 rings (SSSR count). The molecule has 1 aliphatic rings. The van der Waals surface area contributed by atoms with E-state index in [1.165, 1.54) is 20.1 Å². The Morgan fingerprint density at radius 3 is 2.70 bits per heavy atom. The van der Waals surface area contributed by atoms with Crippen molar-refractivity contribution >= 4 is 21.7 Å². The number of nitrogens with zero attached hydrogens (tertiary/aromatic N) is 1. The molecule has 0 atom stereocenters. The Kier molecular flexibility index (Phi) is 4.03. The van der Waals surface area contributed by atoms with Crippen LogP contribution in [-0.4, -0.2) is 40.6 Å². The molecule has 0 fully saturated rings. The maximum atomic E-state index is 12.1. The van der Waals surface area contributed by atoms with E-state index in [2.05, 4.69) is 4.74 Å². The van der Waals surface area contributed by atoms with Crippen molar-refractivity contribution < 1.29 is 27.4 Å². The lowest BCUT2D eigenvalue weighted by atomic mass is 10.3. The molecule has 0 spiro atoms. The van der Waals surface area contributed by atoms with E-state index in [1.807, 2.05) is 0 Å². The van der Waals surface area contributed by atoms with E-state index >= 15 is 0 Å². The zero-order valence-corrected chi connectivity index (χ0v) is 12.0. The molecular weight excluding hydrogens is 286 g/mol. The molecule has 0 radical (unpaired) electrons. The van der Waals surface area contributed by atoms with E-state index in [9.17, 15) is 13.2 Å². The SMILES string of the molecule is CCS(=O)(=O)N(CC(=O)OC)c1ccc2c(c1)OCO2. The number of hydrogen-bond donors (Lipinski definition) is 0. The van der Waals surface area contributed by atoms with E-state index < -0.39 is 16.0 Å². The number of carbonyl (C=O) groups excluding carboxylic acids is 1. The predicted octanol–water partition coefficient (Wildman–Crippen LogP) is 0.744. The standard InChI is InChI=1S/C12H15NO6S/c1-3-20(15,16)13(7-12(14)17-2)9-4-5-10-11(6-9)19-8-18-10/h4-6H,3,7-8H2,1-2H3. The largest absolute Gasteiger partial charge is 0.468 e. The Morgan fingerprint density at radius 1 is 1.35 bits per heavy atom. The van der Waals surface area contributed by atoms with Gasteiger partial charge in [-0.25, -0.2) is 8.42 Å². The van der Waals surface area contributed by atoms with Crippen molar-refractivity contribution in [2.24, 2.45) is 0 Å². The molecule has 0 aliphatic carbocycles. The number of esters is 1. The van der Waals surface area contributed by atoms with E-state index in [0.717, 1.165) is 4.31 Å². The molecule has 0 saturated heterocycles. The van der Waals surface area contributed by atoms with Gasteiger partial charge < -0.3 is 14.2 Å². The van der Waals surface area contributed by atoms with Crippen LogP contribution in [0.2, 0.25) is 0 Å². The zero-order valence-electron chi connectivity index (χ0n) is 11.2. The van der Waals surface area contributed by atoms with Crippen LogP contribution in [0.15, 0.2) is 18.2 Å². The van der Waals surface area contributed by atoms with Crippen LogP contribution in [0.25, 0.3) is 0 Å². The summed E-state index contributed by atoms with van der Waals surface area (Å²) in [5.74, 6) is 0.224. The molecule has 0 N–H and O–H groups in total. The van der Waals surface area contributed by atoms with E-state index in [-0.39, 0.29) is 19.1 Å². The average molecular weight is 301 g/mol. The molecule has 0 amide bonds. The number of anilines is 1. The summed E-state index contributed by atoms with van der Waals surface area (Å²) in [6.07, 6.45) is 0. The van der Waals surface area contributed by atoms with Gasteiger partial charge in [-0.15, -0.1) is 0 Å². The van der Waals surface area contributed by atoms with Crippen LogP contribution in [0.5, 0.6) is 11.5 Å². The number of hydrogen-bond acceptors (Lipinski definition) is 6. The van der Waals surface area contributed by atoms with Gasteiger partial charge >= 0.3 is 5.97 Å². The average Bonchev–Trinajstić information content (AvgIpc) is 2.91. The first-order chi connectivity index (χ1) is 9.47. The number of methoxy groups -OCH3 is 1. The number of fused-ring (bicyclic) bond motifs is 1. The topological polar surface area (TPSA) is 82.1 Å². The van der Waals surface area contributed by atoms with Crippen molar-refractivity contribution in [1.82, 2.24) is 0 Å². The zero-order chi connectivity index (χ0) is 14.8. The molecule has 0 saturated carbocycles. The first-order valence-electron chi connectivity index (χ1n) is 5.95. The molecule has 20 heavy (non-hydrogen) atoms. The molecule has 8 heteroatoms. The minimum Gasteiger partial charge on any atom is -0.468 e. The highest BCUT2D eigenvalue weighted by Crippen LogP contribution is 2.36. The van der Waals surface area contributed by atoms with E-state index in [0.29, 0.717) is 17.2 Å². The van der Waals surface area contributed by atoms with Gasteiger partial charge in [0.25, 0.3) is 0 Å². The smallest absolute Gasteiger partial charge is 0.326 e. The number of benzene rings is 1. The number of rotatable bonds is 5. The van der Waals surface area contributed by atoms with Gasteiger partial charge in [-0.3, -0.25) is 9.10 Å². The molecule has 1 aromatic rings. The molecule has 0 aromatic heterocycles. The van der Waals surface area contributed by atoms with Gasteiger partial charge in [0.15, 0.2) is 11.5 Å². The van der Waals surface area contributed by atoms with E-state index in [4.69, 9.17) is 9.47 Å². The van der Waals surface area contributed by atoms with Crippen LogP contribution >= 0.6 is 0 Å². The minimum absolute atomic E-state index is 0.0936. The highest BCUT2D eigenvalue weighted by atomic mass is 32.2. The van der Waals surface area contributed by atoms with Gasteiger partial charge in [-0.1, -0.05) is 0 Å². The van der Waals surface area contributed by atoms with Crippen LogP contribution in [0.4, 0.5) is 5.69 Å². The molecule has 110 valence electrons. The maximum absolute atomic E-state index is 12.1. The normalized spacial score (nSPS) is 13.1. The second kappa shape index (κ2) is 5.58. The fourth-order valence-electron chi connectivity index (χ4n) is 1.73. The third kappa shape index (κ3) is 2.79. The maximum Gasteiger partial charge on any atom is 0.326 e. The number of ether oxygens (including phenoxy) is 3. The van der Waals surface area contributed by atoms with Gasteiger partial charge in [0.1, 0.15) is 6.54 Å². The molecule has 0 bridgehead atoms. The molecule has 1 aliphatic heterocycles. The summed E-state index contributed by atoms with van der Waals surface area (Å²) in [5, 5.41) is 0. The third-order valence-corrected chi connectivity index (χ3v) is 4.59. The van der Waals surface area contributed by atoms with Crippen molar-refractivity contribution in [2.75, 3.05) is 30.5 Å². The lowest BCUT2D eigenvalue weighted by molar-refractivity contribution is -0.138. The Morgan fingerprint density at radius 2 is 2.05 bits per heavy atom.